The van der Waals surface area contributed by atoms with Gasteiger partial charge < -0.3 is 5.73 Å². The SMILES string of the molecule is CC(C)(C)c1ccc2cnc(C(=N)N)nc2n1. The molecular weight excluding hydrogens is 214 g/mol. The number of pyridine rings is 1. The molecule has 17 heavy (non-hydrogen) atoms. The third kappa shape index (κ3) is 2.22. The predicted octanol–water partition coefficient (Wildman–Crippen LogP) is 1.61. The zero-order valence-electron chi connectivity index (χ0n) is 10.2. The average Bonchev–Trinajstić information content (AvgIpc) is 2.26. The van der Waals surface area contributed by atoms with E-state index >= 15 is 0 Å². The molecule has 3 N–H and O–H groups in total. The number of nitrogens with zero attached hydrogens (tertiary/aromatic N) is 3. The van der Waals surface area contributed by atoms with Crippen molar-refractivity contribution in [2.75, 3.05) is 0 Å². The zero-order chi connectivity index (χ0) is 12.6. The predicted molar refractivity (Wildman–Crippen MR) is 67.0 cm³/mol. The normalized spacial score (nSPS) is 11.7. The standard InChI is InChI=1S/C12H15N5/c1-12(2,3)8-5-4-7-6-15-11(9(13)14)17-10(7)16-8/h4-6H,1-3H3,(H3,13,14). The van der Waals surface area contributed by atoms with Gasteiger partial charge in [-0.2, -0.15) is 0 Å². The molecule has 2 heterocycles. The maximum atomic E-state index is 7.31. The summed E-state index contributed by atoms with van der Waals surface area (Å²) in [6.07, 6.45) is 1.64. The van der Waals surface area contributed by atoms with Crippen molar-refractivity contribution in [3.63, 3.8) is 0 Å². The summed E-state index contributed by atoms with van der Waals surface area (Å²) in [5.74, 6) is 0.0749. The second-order valence-electron chi connectivity index (χ2n) is 4.97. The van der Waals surface area contributed by atoms with E-state index in [4.69, 9.17) is 11.1 Å². The highest BCUT2D eigenvalue weighted by Gasteiger charge is 2.16. The Bertz CT molecular complexity index is 583. The van der Waals surface area contributed by atoms with Crippen molar-refractivity contribution in [3.8, 4) is 0 Å². The molecule has 88 valence electrons. The number of aromatic nitrogens is 3. The number of nitrogens with one attached hydrogen (secondary N) is 1. The molecular formula is C12H15N5. The molecule has 0 radical (unpaired) electrons. The molecule has 5 heteroatoms. The van der Waals surface area contributed by atoms with Crippen LogP contribution in [0.1, 0.15) is 32.3 Å². The first-order valence-electron chi connectivity index (χ1n) is 5.36. The monoisotopic (exact) mass is 229 g/mol. The van der Waals surface area contributed by atoms with E-state index in [0.717, 1.165) is 11.1 Å². The summed E-state index contributed by atoms with van der Waals surface area (Å²) in [4.78, 5) is 12.7. The summed E-state index contributed by atoms with van der Waals surface area (Å²) < 4.78 is 0. The number of hydrogen-bond donors (Lipinski definition) is 2. The molecule has 0 saturated heterocycles. The van der Waals surface area contributed by atoms with Crippen LogP contribution in [0.25, 0.3) is 11.0 Å². The van der Waals surface area contributed by atoms with Gasteiger partial charge in [0.1, 0.15) is 0 Å². The van der Waals surface area contributed by atoms with Crippen molar-refractivity contribution < 1.29 is 0 Å². The van der Waals surface area contributed by atoms with Crippen LogP contribution < -0.4 is 5.73 Å². The summed E-state index contributed by atoms with van der Waals surface area (Å²) in [5.41, 5.74) is 6.86. The molecule has 0 amide bonds. The van der Waals surface area contributed by atoms with Crippen LogP contribution in [-0.2, 0) is 5.41 Å². The molecule has 0 bridgehead atoms. The fourth-order valence-corrected chi connectivity index (χ4v) is 1.46. The van der Waals surface area contributed by atoms with Crippen LogP contribution in [0.3, 0.4) is 0 Å². The summed E-state index contributed by atoms with van der Waals surface area (Å²) in [6, 6.07) is 3.91. The summed E-state index contributed by atoms with van der Waals surface area (Å²) in [5, 5.41) is 8.16. The number of amidine groups is 1. The molecule has 2 aromatic rings. The molecule has 2 aromatic heterocycles. The van der Waals surface area contributed by atoms with Gasteiger partial charge in [0.2, 0.25) is 0 Å². The molecule has 2 rings (SSSR count). The highest BCUT2D eigenvalue weighted by molar-refractivity contribution is 5.92. The number of rotatable bonds is 1. The van der Waals surface area contributed by atoms with Crippen LogP contribution >= 0.6 is 0 Å². The summed E-state index contributed by atoms with van der Waals surface area (Å²) >= 11 is 0. The fraction of sp³-hybridized carbons (Fsp3) is 0.333. The van der Waals surface area contributed by atoms with Crippen molar-refractivity contribution in [1.29, 1.82) is 5.41 Å². The molecule has 0 saturated carbocycles. The van der Waals surface area contributed by atoms with Gasteiger partial charge >= 0.3 is 0 Å². The zero-order valence-corrected chi connectivity index (χ0v) is 10.2. The minimum Gasteiger partial charge on any atom is -0.381 e. The highest BCUT2D eigenvalue weighted by atomic mass is 15.0. The molecule has 0 aromatic carbocycles. The molecule has 5 nitrogen and oxygen atoms in total. The number of hydrogen-bond acceptors (Lipinski definition) is 4. The Morgan fingerprint density at radius 3 is 2.53 bits per heavy atom. The first-order chi connectivity index (χ1) is 7.88. The van der Waals surface area contributed by atoms with E-state index in [1.165, 1.54) is 0 Å². The second-order valence-corrected chi connectivity index (χ2v) is 4.97. The van der Waals surface area contributed by atoms with Gasteiger partial charge in [0, 0.05) is 22.7 Å². The molecule has 0 aliphatic heterocycles. The van der Waals surface area contributed by atoms with Crippen LogP contribution in [0.15, 0.2) is 18.3 Å². The van der Waals surface area contributed by atoms with Crippen molar-refractivity contribution in [1.82, 2.24) is 15.0 Å². The molecule has 0 aliphatic carbocycles. The van der Waals surface area contributed by atoms with Crippen molar-refractivity contribution in [3.05, 3.63) is 29.8 Å². The van der Waals surface area contributed by atoms with E-state index in [1.54, 1.807) is 6.20 Å². The Balaban J connectivity index is 2.62. The smallest absolute Gasteiger partial charge is 0.196 e. The topological polar surface area (TPSA) is 88.5 Å². The van der Waals surface area contributed by atoms with Crippen LogP contribution in [0.4, 0.5) is 0 Å². The summed E-state index contributed by atoms with van der Waals surface area (Å²) in [6.45, 7) is 6.27. The van der Waals surface area contributed by atoms with Crippen molar-refractivity contribution in [2.24, 2.45) is 5.73 Å². The van der Waals surface area contributed by atoms with Crippen molar-refractivity contribution >= 4 is 16.9 Å². The molecule has 0 atom stereocenters. The van der Waals surface area contributed by atoms with Gasteiger partial charge in [-0.05, 0) is 12.1 Å². The van der Waals surface area contributed by atoms with Gasteiger partial charge in [0.25, 0.3) is 0 Å². The van der Waals surface area contributed by atoms with Gasteiger partial charge in [-0.15, -0.1) is 0 Å². The first-order valence-corrected chi connectivity index (χ1v) is 5.36. The number of nitrogen functional groups attached to an aromatic ring is 1. The number of nitrogens with two attached hydrogens (primary N) is 1. The van der Waals surface area contributed by atoms with E-state index in [-0.39, 0.29) is 17.1 Å². The van der Waals surface area contributed by atoms with Crippen LogP contribution in [-0.4, -0.2) is 20.8 Å². The fourth-order valence-electron chi connectivity index (χ4n) is 1.46. The lowest BCUT2D eigenvalue weighted by Crippen LogP contribution is -2.17. The Kier molecular flexibility index (Phi) is 2.53. The maximum Gasteiger partial charge on any atom is 0.196 e. The van der Waals surface area contributed by atoms with Crippen LogP contribution in [0.5, 0.6) is 0 Å². The van der Waals surface area contributed by atoms with E-state index in [9.17, 15) is 0 Å². The third-order valence-electron chi connectivity index (χ3n) is 2.45. The lowest BCUT2D eigenvalue weighted by atomic mass is 9.91. The van der Waals surface area contributed by atoms with E-state index in [2.05, 4.69) is 35.7 Å². The Morgan fingerprint density at radius 2 is 1.94 bits per heavy atom. The Labute approximate surface area is 99.6 Å². The van der Waals surface area contributed by atoms with Gasteiger partial charge in [-0.1, -0.05) is 20.8 Å². The highest BCUT2D eigenvalue weighted by Crippen LogP contribution is 2.21. The Hall–Kier alpha value is -2.04. The van der Waals surface area contributed by atoms with E-state index in [1.807, 2.05) is 12.1 Å². The van der Waals surface area contributed by atoms with Crippen molar-refractivity contribution in [2.45, 2.75) is 26.2 Å². The largest absolute Gasteiger partial charge is 0.381 e. The first kappa shape index (κ1) is 11.4. The number of fused-ring (bicyclic) bond motifs is 1. The lowest BCUT2D eigenvalue weighted by Gasteiger charge is -2.17. The van der Waals surface area contributed by atoms with E-state index in [0.29, 0.717) is 5.65 Å². The minimum absolute atomic E-state index is 0.0322. The molecule has 0 unspecified atom stereocenters. The van der Waals surface area contributed by atoms with Gasteiger partial charge in [-0.25, -0.2) is 15.0 Å². The van der Waals surface area contributed by atoms with Gasteiger partial charge in [-0.3, -0.25) is 5.41 Å². The maximum absolute atomic E-state index is 7.31. The Morgan fingerprint density at radius 1 is 1.24 bits per heavy atom. The minimum atomic E-state index is -0.144. The van der Waals surface area contributed by atoms with E-state index < -0.39 is 0 Å². The molecule has 0 fully saturated rings. The summed E-state index contributed by atoms with van der Waals surface area (Å²) in [7, 11) is 0. The average molecular weight is 229 g/mol. The third-order valence-corrected chi connectivity index (χ3v) is 2.45. The second kappa shape index (κ2) is 3.76. The quantitative estimate of drug-likeness (QED) is 0.574. The van der Waals surface area contributed by atoms with Crippen LogP contribution in [0, 0.1) is 5.41 Å². The lowest BCUT2D eigenvalue weighted by molar-refractivity contribution is 0.571. The van der Waals surface area contributed by atoms with Gasteiger partial charge in [0.15, 0.2) is 17.3 Å². The molecule has 0 aliphatic rings. The molecule has 0 spiro atoms. The van der Waals surface area contributed by atoms with Crippen LogP contribution in [0.2, 0.25) is 0 Å². The van der Waals surface area contributed by atoms with Gasteiger partial charge in [0.05, 0.1) is 0 Å².